The second kappa shape index (κ2) is 7.02. The number of aromatic nitrogens is 2. The van der Waals surface area contributed by atoms with Crippen LogP contribution in [0.3, 0.4) is 0 Å². The number of hydrogen-bond acceptors (Lipinski definition) is 7. The Hall–Kier alpha value is -3.16. The molecule has 0 saturated carbocycles. The highest BCUT2D eigenvalue weighted by molar-refractivity contribution is 5.94. The van der Waals surface area contributed by atoms with Gasteiger partial charge in [-0.2, -0.15) is 0 Å². The number of ether oxygens (including phenoxy) is 1. The number of nitrogens with one attached hydrogen (secondary N) is 1. The van der Waals surface area contributed by atoms with Crippen molar-refractivity contribution >= 4 is 17.9 Å². The molecular weight excluding hydrogens is 286 g/mol. The van der Waals surface area contributed by atoms with Crippen LogP contribution in [0, 0.1) is 0 Å². The van der Waals surface area contributed by atoms with E-state index in [1.165, 1.54) is 19.7 Å². The molecule has 2 rings (SSSR count). The number of nitrogens with two attached hydrogens (primary N) is 1. The number of carbonyl (C=O) groups excluding carboxylic acids is 1. The summed E-state index contributed by atoms with van der Waals surface area (Å²) in [4.78, 5) is 24.0. The van der Waals surface area contributed by atoms with Crippen LogP contribution in [-0.4, -0.2) is 36.2 Å². The van der Waals surface area contributed by atoms with Gasteiger partial charge in [-0.25, -0.2) is 9.97 Å². The van der Waals surface area contributed by atoms with Gasteiger partial charge in [-0.15, -0.1) is 0 Å². The Bertz CT molecular complexity index is 685. The highest BCUT2D eigenvalue weighted by Gasteiger charge is 2.10. The third-order valence-corrected chi connectivity index (χ3v) is 2.72. The average molecular weight is 301 g/mol. The van der Waals surface area contributed by atoms with Gasteiger partial charge in [-0.1, -0.05) is 5.16 Å². The number of amides is 1. The summed E-state index contributed by atoms with van der Waals surface area (Å²) >= 11 is 0. The molecule has 0 spiro atoms. The van der Waals surface area contributed by atoms with Gasteiger partial charge < -0.3 is 20.6 Å². The number of oxime groups is 1. The molecule has 22 heavy (non-hydrogen) atoms. The fourth-order valence-corrected chi connectivity index (χ4v) is 1.63. The lowest BCUT2D eigenvalue weighted by Gasteiger charge is -2.08. The molecule has 0 aliphatic rings. The Kier molecular flexibility index (Phi) is 4.86. The van der Waals surface area contributed by atoms with Gasteiger partial charge in [0.05, 0.1) is 6.21 Å². The first-order valence-electron chi connectivity index (χ1n) is 6.32. The third-order valence-electron chi connectivity index (χ3n) is 2.72. The number of benzene rings is 1. The molecular formula is C14H15N5O3. The van der Waals surface area contributed by atoms with Crippen molar-refractivity contribution in [1.29, 1.82) is 0 Å². The summed E-state index contributed by atoms with van der Waals surface area (Å²) in [5.41, 5.74) is 6.70. The van der Waals surface area contributed by atoms with Crippen LogP contribution < -0.4 is 15.8 Å². The molecule has 3 N–H and O–H groups in total. The van der Waals surface area contributed by atoms with E-state index in [2.05, 4.69) is 25.3 Å². The van der Waals surface area contributed by atoms with Crippen LogP contribution in [0.2, 0.25) is 0 Å². The zero-order valence-corrected chi connectivity index (χ0v) is 12.1. The van der Waals surface area contributed by atoms with Gasteiger partial charge >= 0.3 is 0 Å². The van der Waals surface area contributed by atoms with Gasteiger partial charge in [-0.05, 0) is 24.3 Å². The molecule has 8 nitrogen and oxygen atoms in total. The maximum Gasteiger partial charge on any atom is 0.251 e. The lowest BCUT2D eigenvalue weighted by molar-refractivity contribution is 0.0963. The number of nitrogen functional groups attached to an aromatic ring is 1. The topological polar surface area (TPSA) is 112 Å². The molecule has 2 aromatic rings. The Balaban J connectivity index is 2.25. The molecule has 0 radical (unpaired) electrons. The van der Waals surface area contributed by atoms with Crippen molar-refractivity contribution in [2.45, 2.75) is 0 Å². The highest BCUT2D eigenvalue weighted by atomic mass is 16.6. The third kappa shape index (κ3) is 3.48. The van der Waals surface area contributed by atoms with E-state index in [4.69, 9.17) is 10.5 Å². The summed E-state index contributed by atoms with van der Waals surface area (Å²) in [7, 11) is 2.98. The minimum Gasteiger partial charge on any atom is -0.438 e. The number of rotatable bonds is 5. The lowest BCUT2D eigenvalue weighted by Crippen LogP contribution is -2.17. The Morgan fingerprint density at radius 3 is 2.68 bits per heavy atom. The van der Waals surface area contributed by atoms with Crippen molar-refractivity contribution in [2.24, 2.45) is 5.16 Å². The molecule has 8 heteroatoms. The second-order valence-corrected chi connectivity index (χ2v) is 4.10. The van der Waals surface area contributed by atoms with Gasteiger partial charge in [0.1, 0.15) is 30.6 Å². The van der Waals surface area contributed by atoms with Crippen molar-refractivity contribution in [3.05, 3.63) is 41.7 Å². The van der Waals surface area contributed by atoms with Crippen LogP contribution in [0.25, 0.3) is 0 Å². The standard InChI is InChI=1S/C14H15N5O3/c1-16-13(20)9-3-5-10(6-4-9)22-14-11(7-19-21-2)12(15)17-8-18-14/h3-8H,1-2H3,(H,16,20)(H2,15,17,18). The van der Waals surface area contributed by atoms with Gasteiger partial charge in [0.25, 0.3) is 5.91 Å². The summed E-state index contributed by atoms with van der Waals surface area (Å²) in [6.45, 7) is 0. The molecule has 0 unspecified atom stereocenters. The molecule has 0 atom stereocenters. The van der Waals surface area contributed by atoms with Crippen LogP contribution in [0.15, 0.2) is 35.7 Å². The highest BCUT2D eigenvalue weighted by Crippen LogP contribution is 2.24. The minimum absolute atomic E-state index is 0.175. The quantitative estimate of drug-likeness (QED) is 0.633. The fraction of sp³-hybridized carbons (Fsp3) is 0.143. The van der Waals surface area contributed by atoms with E-state index < -0.39 is 0 Å². The van der Waals surface area contributed by atoms with Gasteiger partial charge in [0, 0.05) is 12.6 Å². The van der Waals surface area contributed by atoms with Crippen molar-refractivity contribution < 1.29 is 14.4 Å². The molecule has 0 saturated heterocycles. The first-order chi connectivity index (χ1) is 10.7. The maximum absolute atomic E-state index is 11.5. The van der Waals surface area contributed by atoms with E-state index in [0.717, 1.165) is 0 Å². The van der Waals surface area contributed by atoms with Crippen LogP contribution in [0.4, 0.5) is 5.82 Å². The molecule has 1 aromatic carbocycles. The minimum atomic E-state index is -0.175. The van der Waals surface area contributed by atoms with Crippen molar-refractivity contribution in [3.8, 4) is 11.6 Å². The van der Waals surface area contributed by atoms with Crippen molar-refractivity contribution in [3.63, 3.8) is 0 Å². The lowest BCUT2D eigenvalue weighted by atomic mass is 10.2. The molecule has 1 amide bonds. The van der Waals surface area contributed by atoms with E-state index in [0.29, 0.717) is 16.9 Å². The van der Waals surface area contributed by atoms with E-state index in [-0.39, 0.29) is 17.6 Å². The fourth-order valence-electron chi connectivity index (χ4n) is 1.63. The maximum atomic E-state index is 11.5. The van der Waals surface area contributed by atoms with Crippen LogP contribution in [-0.2, 0) is 4.84 Å². The van der Waals surface area contributed by atoms with E-state index in [1.807, 2.05) is 0 Å². The predicted octanol–water partition coefficient (Wildman–Crippen LogP) is 1.19. The Labute approximate surface area is 127 Å². The first-order valence-corrected chi connectivity index (χ1v) is 6.32. The predicted molar refractivity (Wildman–Crippen MR) is 81.0 cm³/mol. The van der Waals surface area contributed by atoms with Crippen LogP contribution in [0.1, 0.15) is 15.9 Å². The molecule has 1 heterocycles. The number of carbonyl (C=O) groups is 1. The summed E-state index contributed by atoms with van der Waals surface area (Å²) in [5.74, 6) is 0.775. The van der Waals surface area contributed by atoms with E-state index in [1.54, 1.807) is 31.3 Å². The van der Waals surface area contributed by atoms with E-state index in [9.17, 15) is 4.79 Å². The van der Waals surface area contributed by atoms with E-state index >= 15 is 0 Å². The molecule has 114 valence electrons. The summed E-state index contributed by atoms with van der Waals surface area (Å²) in [5, 5.41) is 6.18. The number of hydrogen-bond donors (Lipinski definition) is 2. The zero-order chi connectivity index (χ0) is 15.9. The monoisotopic (exact) mass is 301 g/mol. The van der Waals surface area contributed by atoms with Crippen molar-refractivity contribution in [2.75, 3.05) is 19.9 Å². The second-order valence-electron chi connectivity index (χ2n) is 4.10. The Morgan fingerprint density at radius 1 is 1.32 bits per heavy atom. The van der Waals surface area contributed by atoms with Crippen molar-refractivity contribution in [1.82, 2.24) is 15.3 Å². The number of anilines is 1. The molecule has 0 aliphatic carbocycles. The largest absolute Gasteiger partial charge is 0.438 e. The van der Waals surface area contributed by atoms with Crippen LogP contribution >= 0.6 is 0 Å². The summed E-state index contributed by atoms with van der Waals surface area (Å²) in [6.07, 6.45) is 2.65. The van der Waals surface area contributed by atoms with Gasteiger partial charge in [0.15, 0.2) is 0 Å². The SMILES string of the molecule is CNC(=O)c1ccc(Oc2ncnc(N)c2C=NOC)cc1. The molecule has 0 bridgehead atoms. The average Bonchev–Trinajstić information content (AvgIpc) is 2.54. The molecule has 1 aromatic heterocycles. The van der Waals surface area contributed by atoms with Gasteiger partial charge in [0.2, 0.25) is 5.88 Å². The Morgan fingerprint density at radius 2 is 2.05 bits per heavy atom. The molecule has 0 aliphatic heterocycles. The van der Waals surface area contributed by atoms with Gasteiger partial charge in [-0.3, -0.25) is 4.79 Å². The smallest absolute Gasteiger partial charge is 0.251 e. The first kappa shape index (κ1) is 15.2. The molecule has 0 fully saturated rings. The zero-order valence-electron chi connectivity index (χ0n) is 12.1. The number of nitrogens with zero attached hydrogens (tertiary/aromatic N) is 3. The normalized spacial score (nSPS) is 10.5. The van der Waals surface area contributed by atoms with Crippen LogP contribution in [0.5, 0.6) is 11.6 Å². The summed E-state index contributed by atoms with van der Waals surface area (Å²) in [6, 6.07) is 6.59. The summed E-state index contributed by atoms with van der Waals surface area (Å²) < 4.78 is 5.65.